The molecule has 1 amide bonds. The molecule has 2 aliphatic carbocycles. The van der Waals surface area contributed by atoms with Crippen molar-refractivity contribution in [1.82, 2.24) is 5.32 Å². The highest BCUT2D eigenvalue weighted by Gasteiger charge is 2.32. The maximum absolute atomic E-state index is 12.1. The number of nitrogens with one attached hydrogen (secondary N) is 1. The molecule has 0 aromatic carbocycles. The zero-order valence-electron chi connectivity index (χ0n) is 11.6. The minimum Gasteiger partial charge on any atom is -0.337 e. The lowest BCUT2D eigenvalue weighted by molar-refractivity contribution is -0.120. The first-order valence-corrected chi connectivity index (χ1v) is 8.63. The molecule has 0 aromatic heterocycles. The molecule has 0 unspecified atom stereocenters. The summed E-state index contributed by atoms with van der Waals surface area (Å²) in [5.74, 6) is 0.578. The smallest absolute Gasteiger partial charge is 0.231 e. The van der Waals surface area contributed by atoms with Crippen LogP contribution in [0.15, 0.2) is 0 Å². The number of nitrogens with zero attached hydrogens (tertiary/aromatic N) is 1. The Hall–Kier alpha value is -0.690. The Morgan fingerprint density at radius 2 is 1.79 bits per heavy atom. The van der Waals surface area contributed by atoms with Gasteiger partial charge in [-0.25, -0.2) is 0 Å². The van der Waals surface area contributed by atoms with E-state index >= 15 is 0 Å². The normalized spacial score (nSPS) is 23.5. The van der Waals surface area contributed by atoms with Gasteiger partial charge in [-0.3, -0.25) is 4.79 Å². The van der Waals surface area contributed by atoms with Crippen molar-refractivity contribution in [2.75, 3.05) is 5.75 Å². The molecule has 2 rings (SSSR count). The quantitative estimate of drug-likeness (QED) is 0.803. The topological polar surface area (TPSA) is 52.9 Å². The van der Waals surface area contributed by atoms with E-state index in [9.17, 15) is 10.1 Å². The second-order valence-electron chi connectivity index (χ2n) is 5.87. The number of thioether (sulfide) groups is 1. The lowest BCUT2D eigenvalue weighted by Gasteiger charge is -2.26. The Morgan fingerprint density at radius 3 is 2.37 bits per heavy atom. The van der Waals surface area contributed by atoms with Crippen LogP contribution in [0.25, 0.3) is 0 Å². The second kappa shape index (κ2) is 7.19. The van der Waals surface area contributed by atoms with Crippen LogP contribution < -0.4 is 5.32 Å². The van der Waals surface area contributed by atoms with Gasteiger partial charge in [-0.2, -0.15) is 5.26 Å². The van der Waals surface area contributed by atoms with E-state index in [2.05, 4.69) is 11.4 Å². The molecule has 2 fully saturated rings. The van der Waals surface area contributed by atoms with E-state index in [4.69, 9.17) is 0 Å². The van der Waals surface area contributed by atoms with E-state index in [0.29, 0.717) is 11.0 Å². The number of nitriles is 1. The molecular formula is C15H24N2OS. The number of hydrogen-bond acceptors (Lipinski definition) is 3. The average Bonchev–Trinajstić information content (AvgIpc) is 2.83. The molecule has 19 heavy (non-hydrogen) atoms. The molecular weight excluding hydrogens is 256 g/mol. The molecule has 0 aliphatic heterocycles. The van der Waals surface area contributed by atoms with E-state index in [1.165, 1.54) is 38.5 Å². The summed E-state index contributed by atoms with van der Waals surface area (Å²) in [6.45, 7) is 0. The van der Waals surface area contributed by atoms with Crippen molar-refractivity contribution in [3.05, 3.63) is 0 Å². The van der Waals surface area contributed by atoms with E-state index in [1.54, 1.807) is 11.8 Å². The Balaban J connectivity index is 1.79. The van der Waals surface area contributed by atoms with Gasteiger partial charge in [-0.05, 0) is 25.7 Å². The van der Waals surface area contributed by atoms with Crippen LogP contribution in [0.5, 0.6) is 0 Å². The van der Waals surface area contributed by atoms with Crippen LogP contribution in [0, 0.1) is 11.3 Å². The molecule has 0 aromatic rings. The summed E-state index contributed by atoms with van der Waals surface area (Å²) >= 11 is 1.77. The first-order chi connectivity index (χ1) is 9.24. The molecule has 0 saturated heterocycles. The third kappa shape index (κ3) is 4.42. The van der Waals surface area contributed by atoms with Crippen molar-refractivity contribution in [1.29, 1.82) is 5.26 Å². The second-order valence-corrected chi connectivity index (χ2v) is 7.16. The van der Waals surface area contributed by atoms with Crippen LogP contribution in [0.2, 0.25) is 0 Å². The predicted molar refractivity (Wildman–Crippen MR) is 78.9 cm³/mol. The number of rotatable bonds is 4. The molecule has 106 valence electrons. The van der Waals surface area contributed by atoms with Gasteiger partial charge in [0.15, 0.2) is 0 Å². The highest BCUT2D eigenvalue weighted by atomic mass is 32.2. The van der Waals surface area contributed by atoms with E-state index in [0.717, 1.165) is 25.7 Å². The van der Waals surface area contributed by atoms with Crippen LogP contribution in [-0.2, 0) is 4.79 Å². The lowest BCUT2D eigenvalue weighted by Crippen LogP contribution is -2.47. The molecule has 4 heteroatoms. The monoisotopic (exact) mass is 280 g/mol. The Morgan fingerprint density at radius 1 is 1.16 bits per heavy atom. The van der Waals surface area contributed by atoms with Crippen LogP contribution in [0.3, 0.4) is 0 Å². The summed E-state index contributed by atoms with van der Waals surface area (Å²) in [4.78, 5) is 12.1. The molecule has 0 radical (unpaired) electrons. The van der Waals surface area contributed by atoms with Crippen molar-refractivity contribution in [3.63, 3.8) is 0 Å². The van der Waals surface area contributed by atoms with Crippen molar-refractivity contribution in [2.45, 2.75) is 75.0 Å². The Bertz CT molecular complexity index is 337. The van der Waals surface area contributed by atoms with Crippen molar-refractivity contribution in [2.24, 2.45) is 0 Å². The summed E-state index contributed by atoms with van der Waals surface area (Å²) in [5, 5.41) is 13.1. The van der Waals surface area contributed by atoms with Crippen LogP contribution in [-0.4, -0.2) is 22.4 Å². The van der Waals surface area contributed by atoms with Gasteiger partial charge >= 0.3 is 0 Å². The van der Waals surface area contributed by atoms with Gasteiger partial charge in [0.05, 0.1) is 11.8 Å². The molecule has 0 bridgehead atoms. The number of carbonyl (C=O) groups is 1. The lowest BCUT2D eigenvalue weighted by atomic mass is 9.92. The summed E-state index contributed by atoms with van der Waals surface area (Å²) in [5.41, 5.74) is -0.580. The first kappa shape index (κ1) is 14.7. The summed E-state index contributed by atoms with van der Waals surface area (Å²) in [6, 6.07) is 2.38. The fourth-order valence-corrected chi connectivity index (χ4v) is 4.27. The predicted octanol–water partition coefficient (Wildman–Crippen LogP) is 3.39. The van der Waals surface area contributed by atoms with Crippen molar-refractivity contribution in [3.8, 4) is 6.07 Å². The molecule has 2 aliphatic rings. The Kier molecular flexibility index (Phi) is 5.57. The fourth-order valence-electron chi connectivity index (χ4n) is 3.15. The maximum Gasteiger partial charge on any atom is 0.231 e. The maximum atomic E-state index is 12.1. The molecule has 3 nitrogen and oxygen atoms in total. The summed E-state index contributed by atoms with van der Waals surface area (Å²) < 4.78 is 0. The fraction of sp³-hybridized carbons (Fsp3) is 0.867. The zero-order chi connectivity index (χ0) is 13.6. The van der Waals surface area contributed by atoms with Gasteiger partial charge in [-0.1, -0.05) is 38.5 Å². The van der Waals surface area contributed by atoms with Gasteiger partial charge in [0.25, 0.3) is 0 Å². The minimum absolute atomic E-state index is 0.0559. The van der Waals surface area contributed by atoms with Crippen LogP contribution in [0.4, 0.5) is 0 Å². The van der Waals surface area contributed by atoms with E-state index < -0.39 is 5.54 Å². The third-order valence-electron chi connectivity index (χ3n) is 4.30. The van der Waals surface area contributed by atoms with E-state index in [1.807, 2.05) is 0 Å². The van der Waals surface area contributed by atoms with Gasteiger partial charge in [0.2, 0.25) is 5.91 Å². The number of carbonyl (C=O) groups excluding carboxylic acids is 1. The minimum atomic E-state index is -0.580. The Labute approximate surface area is 120 Å². The molecule has 0 atom stereocenters. The van der Waals surface area contributed by atoms with Gasteiger partial charge in [0.1, 0.15) is 5.54 Å². The highest BCUT2D eigenvalue weighted by Crippen LogP contribution is 2.30. The van der Waals surface area contributed by atoms with Crippen molar-refractivity contribution < 1.29 is 4.79 Å². The third-order valence-corrected chi connectivity index (χ3v) is 5.67. The SMILES string of the molecule is N#CC1(NC(=O)CSC2CCCC2)CCCCCC1. The van der Waals surface area contributed by atoms with Crippen LogP contribution in [0.1, 0.15) is 64.2 Å². The van der Waals surface area contributed by atoms with E-state index in [-0.39, 0.29) is 5.91 Å². The highest BCUT2D eigenvalue weighted by molar-refractivity contribution is 8.00. The molecule has 1 N–H and O–H groups in total. The molecule has 0 heterocycles. The summed E-state index contributed by atoms with van der Waals surface area (Å²) in [7, 11) is 0. The van der Waals surface area contributed by atoms with Crippen molar-refractivity contribution >= 4 is 17.7 Å². The first-order valence-electron chi connectivity index (χ1n) is 7.58. The van der Waals surface area contributed by atoms with Crippen LogP contribution >= 0.6 is 11.8 Å². The summed E-state index contributed by atoms with van der Waals surface area (Å²) in [6.07, 6.45) is 11.3. The van der Waals surface area contributed by atoms with Gasteiger partial charge < -0.3 is 5.32 Å². The molecule has 2 saturated carbocycles. The average molecular weight is 280 g/mol. The van der Waals surface area contributed by atoms with Gasteiger partial charge in [-0.15, -0.1) is 11.8 Å². The standard InChI is InChI=1S/C15H24N2OS/c16-12-15(9-5-1-2-6-10-15)17-14(18)11-19-13-7-3-4-8-13/h13H,1-11H2,(H,17,18). The number of amides is 1. The van der Waals surface area contributed by atoms with Gasteiger partial charge in [0, 0.05) is 5.25 Å². The number of hydrogen-bond donors (Lipinski definition) is 1. The zero-order valence-corrected chi connectivity index (χ0v) is 12.4. The molecule has 0 spiro atoms. The largest absolute Gasteiger partial charge is 0.337 e.